The molecular formula is C12H16N5O+. The van der Waals surface area contributed by atoms with Gasteiger partial charge in [0.1, 0.15) is 0 Å². The summed E-state index contributed by atoms with van der Waals surface area (Å²) in [5.74, 6) is 0.661. The van der Waals surface area contributed by atoms with E-state index in [-0.39, 0.29) is 6.03 Å². The maximum Gasteiger partial charge on any atom is 0.439 e. The Kier molecular flexibility index (Phi) is 3.36. The smallest absolute Gasteiger partial charge is 0.313 e. The number of aromatic amines is 1. The molecular weight excluding hydrogens is 230 g/mol. The molecule has 2 aromatic rings. The molecule has 6 heteroatoms. The van der Waals surface area contributed by atoms with E-state index in [4.69, 9.17) is 0 Å². The van der Waals surface area contributed by atoms with Gasteiger partial charge in [-0.3, -0.25) is 0 Å². The van der Waals surface area contributed by atoms with Gasteiger partial charge < -0.3 is 4.90 Å². The molecule has 18 heavy (non-hydrogen) atoms. The monoisotopic (exact) mass is 246 g/mol. The number of rotatable bonds is 2. The molecule has 2 rings (SSSR count). The molecule has 94 valence electrons. The van der Waals surface area contributed by atoms with Crippen molar-refractivity contribution in [3.63, 3.8) is 0 Å². The van der Waals surface area contributed by atoms with Crippen molar-refractivity contribution in [2.45, 2.75) is 13.3 Å². The molecule has 1 heterocycles. The highest BCUT2D eigenvalue weighted by molar-refractivity contribution is 5.73. The molecule has 1 amide bonds. The molecule has 0 unspecified atom stereocenters. The average molecular weight is 246 g/mol. The number of tetrazole rings is 1. The van der Waals surface area contributed by atoms with Crippen LogP contribution in [-0.4, -0.2) is 40.1 Å². The number of amides is 1. The number of nitrogens with one attached hydrogen (secondary N) is 1. The lowest BCUT2D eigenvalue weighted by atomic mass is 10.1. The molecule has 0 atom stereocenters. The normalized spacial score (nSPS) is 10.4. The first kappa shape index (κ1) is 12.2. The van der Waals surface area contributed by atoms with E-state index < -0.39 is 0 Å². The third-order valence-corrected chi connectivity index (χ3v) is 2.54. The van der Waals surface area contributed by atoms with E-state index in [0.29, 0.717) is 12.2 Å². The van der Waals surface area contributed by atoms with Gasteiger partial charge in [0.25, 0.3) is 0 Å². The maximum absolute atomic E-state index is 11.6. The molecule has 0 saturated heterocycles. The minimum absolute atomic E-state index is 0.276. The van der Waals surface area contributed by atoms with Crippen molar-refractivity contribution in [3.8, 4) is 0 Å². The first-order chi connectivity index (χ1) is 8.56. The molecule has 0 fully saturated rings. The van der Waals surface area contributed by atoms with Crippen molar-refractivity contribution in [2.75, 3.05) is 14.1 Å². The van der Waals surface area contributed by atoms with Crippen LogP contribution in [0.3, 0.4) is 0 Å². The topological polar surface area (TPSA) is 65.2 Å². The highest BCUT2D eigenvalue weighted by Crippen LogP contribution is 2.05. The molecule has 0 aliphatic carbocycles. The third kappa shape index (κ3) is 2.71. The van der Waals surface area contributed by atoms with Crippen LogP contribution >= 0.6 is 0 Å². The highest BCUT2D eigenvalue weighted by atomic mass is 16.2. The van der Waals surface area contributed by atoms with Crippen molar-refractivity contribution in [1.82, 2.24) is 20.0 Å². The van der Waals surface area contributed by atoms with E-state index in [0.717, 1.165) is 10.4 Å². The van der Waals surface area contributed by atoms with Crippen LogP contribution in [0.4, 0.5) is 4.79 Å². The van der Waals surface area contributed by atoms with Gasteiger partial charge in [0.15, 0.2) is 0 Å². The summed E-state index contributed by atoms with van der Waals surface area (Å²) in [6.45, 7) is 2.04. The molecule has 0 spiro atoms. The molecule has 1 N–H and O–H groups in total. The molecule has 6 nitrogen and oxygen atoms in total. The lowest BCUT2D eigenvalue weighted by Gasteiger charge is -2.01. The second kappa shape index (κ2) is 4.95. The average Bonchev–Trinajstić information content (AvgIpc) is 2.79. The zero-order chi connectivity index (χ0) is 13.1. The number of nitrogens with zero attached hydrogens (tertiary/aromatic N) is 4. The fourth-order valence-electron chi connectivity index (χ4n) is 1.50. The zero-order valence-corrected chi connectivity index (χ0v) is 10.7. The first-order valence-electron chi connectivity index (χ1n) is 5.67. The number of benzene rings is 1. The van der Waals surface area contributed by atoms with Gasteiger partial charge in [0.2, 0.25) is 0 Å². The van der Waals surface area contributed by atoms with E-state index in [2.05, 4.69) is 15.4 Å². The Hall–Kier alpha value is -2.24. The van der Waals surface area contributed by atoms with Crippen molar-refractivity contribution >= 4 is 6.03 Å². The quantitative estimate of drug-likeness (QED) is 0.776. The number of H-pyrrole nitrogens is 1. The molecule has 0 aliphatic heterocycles. The number of aromatic nitrogens is 4. The number of carbonyl (C=O) groups is 1. The second-order valence-electron chi connectivity index (χ2n) is 4.39. The van der Waals surface area contributed by atoms with E-state index in [1.807, 2.05) is 31.2 Å². The Balaban J connectivity index is 2.11. The van der Waals surface area contributed by atoms with Gasteiger partial charge in [0, 0.05) is 14.1 Å². The summed E-state index contributed by atoms with van der Waals surface area (Å²) in [6.07, 6.45) is 0.626. The summed E-state index contributed by atoms with van der Waals surface area (Å²) in [7, 11) is 3.32. The summed E-state index contributed by atoms with van der Waals surface area (Å²) >= 11 is 0. The fraction of sp³-hybridized carbons (Fsp3) is 0.333. The van der Waals surface area contributed by atoms with Crippen LogP contribution in [0, 0.1) is 6.92 Å². The Labute approximate surface area is 105 Å². The summed E-state index contributed by atoms with van der Waals surface area (Å²) < 4.78 is 0. The fourth-order valence-corrected chi connectivity index (χ4v) is 1.50. The largest absolute Gasteiger partial charge is 0.439 e. The van der Waals surface area contributed by atoms with Crippen LogP contribution in [0.5, 0.6) is 0 Å². The lowest BCUT2D eigenvalue weighted by Crippen LogP contribution is -2.30. The van der Waals surface area contributed by atoms with Crippen LogP contribution in [0.15, 0.2) is 24.3 Å². The summed E-state index contributed by atoms with van der Waals surface area (Å²) in [4.78, 5) is 14.1. The van der Waals surface area contributed by atoms with Gasteiger partial charge in [-0.25, -0.2) is 4.79 Å². The van der Waals surface area contributed by atoms with Crippen LogP contribution in [0.25, 0.3) is 0 Å². The Morgan fingerprint density at radius 3 is 2.61 bits per heavy atom. The molecule has 0 saturated carbocycles. The van der Waals surface area contributed by atoms with E-state index in [9.17, 15) is 4.79 Å². The molecule has 1 aromatic carbocycles. The van der Waals surface area contributed by atoms with Crippen molar-refractivity contribution in [3.05, 3.63) is 41.2 Å². The van der Waals surface area contributed by atoms with E-state index in [1.54, 1.807) is 14.1 Å². The van der Waals surface area contributed by atoms with Gasteiger partial charge in [0.05, 0.1) is 21.5 Å². The lowest BCUT2D eigenvalue weighted by molar-refractivity contribution is -0.467. The van der Waals surface area contributed by atoms with Gasteiger partial charge in [-0.15, -0.1) is 5.10 Å². The van der Waals surface area contributed by atoms with Crippen LogP contribution in [0.2, 0.25) is 0 Å². The predicted octanol–water partition coefficient (Wildman–Crippen LogP) is 0.521. The highest BCUT2D eigenvalue weighted by Gasteiger charge is 2.20. The minimum atomic E-state index is -0.276. The predicted molar refractivity (Wildman–Crippen MR) is 65.0 cm³/mol. The molecule has 0 bridgehead atoms. The Morgan fingerprint density at radius 2 is 2.00 bits per heavy atom. The Morgan fingerprint density at radius 1 is 1.33 bits per heavy atom. The summed E-state index contributed by atoms with van der Waals surface area (Å²) in [6, 6.07) is 7.89. The molecule has 1 aromatic heterocycles. The number of aryl methyl sites for hydroxylation is 1. The van der Waals surface area contributed by atoms with E-state index in [1.165, 1.54) is 10.5 Å². The maximum atomic E-state index is 11.6. The van der Waals surface area contributed by atoms with Gasteiger partial charge in [-0.1, -0.05) is 29.8 Å². The third-order valence-electron chi connectivity index (χ3n) is 2.54. The first-order valence-corrected chi connectivity index (χ1v) is 5.67. The molecule has 0 aliphatic rings. The van der Waals surface area contributed by atoms with Crippen LogP contribution in [-0.2, 0) is 6.42 Å². The zero-order valence-electron chi connectivity index (χ0n) is 10.7. The van der Waals surface area contributed by atoms with Crippen molar-refractivity contribution in [2.24, 2.45) is 0 Å². The summed E-state index contributed by atoms with van der Waals surface area (Å²) in [5.41, 5.74) is 2.34. The van der Waals surface area contributed by atoms with Gasteiger partial charge in [-0.05, 0) is 12.5 Å². The van der Waals surface area contributed by atoms with Gasteiger partial charge in [-0.2, -0.15) is 0 Å². The van der Waals surface area contributed by atoms with Crippen molar-refractivity contribution in [1.29, 1.82) is 0 Å². The summed E-state index contributed by atoms with van der Waals surface area (Å²) in [5, 5.41) is 10.7. The van der Waals surface area contributed by atoms with Crippen LogP contribution < -0.4 is 5.10 Å². The molecule has 0 radical (unpaired) electrons. The van der Waals surface area contributed by atoms with Crippen molar-refractivity contribution < 1.29 is 9.89 Å². The number of hydrogen-bond donors (Lipinski definition) is 0. The standard InChI is InChI=1S/C12H15N5O/c1-9-4-6-10(7-5-9)8-11-13-15-17(14-11)12(18)16(2)3/h4-7H,8H2,1-3H3/p+1. The number of hydrogen-bond acceptors (Lipinski definition) is 3. The minimum Gasteiger partial charge on any atom is -0.313 e. The Bertz CT molecular complexity index is 544. The second-order valence-corrected chi connectivity index (χ2v) is 4.39. The van der Waals surface area contributed by atoms with E-state index >= 15 is 0 Å². The number of carbonyl (C=O) groups excluding carboxylic acids is 1. The van der Waals surface area contributed by atoms with Gasteiger partial charge >= 0.3 is 11.9 Å². The SMILES string of the molecule is Cc1ccc(Cc2nn(C(=O)N(C)C)n[nH+]2)cc1. The van der Waals surface area contributed by atoms with Crippen LogP contribution in [0.1, 0.15) is 17.0 Å².